The molecule has 0 bridgehead atoms. The monoisotopic (exact) mass is 624 g/mol. The van der Waals surface area contributed by atoms with Crippen LogP contribution in [0.3, 0.4) is 0 Å². The van der Waals surface area contributed by atoms with E-state index in [0.29, 0.717) is 25.0 Å². The Morgan fingerprint density at radius 1 is 0.913 bits per heavy atom. The van der Waals surface area contributed by atoms with E-state index in [-0.39, 0.29) is 43.5 Å². The van der Waals surface area contributed by atoms with Gasteiger partial charge in [0.1, 0.15) is 23.8 Å². The fourth-order valence-electron chi connectivity index (χ4n) is 8.03. The van der Waals surface area contributed by atoms with Gasteiger partial charge in [0.25, 0.3) is 5.91 Å². The van der Waals surface area contributed by atoms with E-state index in [9.17, 15) is 19.5 Å². The quantitative estimate of drug-likeness (QED) is 0.383. The van der Waals surface area contributed by atoms with Crippen LogP contribution in [0.5, 0.6) is 0 Å². The van der Waals surface area contributed by atoms with Crippen molar-refractivity contribution in [3.05, 3.63) is 84.5 Å². The summed E-state index contributed by atoms with van der Waals surface area (Å²) in [5, 5.41) is 19.2. The van der Waals surface area contributed by atoms with Gasteiger partial charge in [0.15, 0.2) is 0 Å². The van der Waals surface area contributed by atoms with Gasteiger partial charge in [-0.1, -0.05) is 85.8 Å². The van der Waals surface area contributed by atoms with Crippen LogP contribution in [0.1, 0.15) is 32.8 Å². The van der Waals surface area contributed by atoms with Crippen LogP contribution in [-0.2, 0) is 32.3 Å². The van der Waals surface area contributed by atoms with E-state index in [1.807, 2.05) is 99.7 Å². The molecule has 0 aliphatic carbocycles. The van der Waals surface area contributed by atoms with Crippen molar-refractivity contribution in [1.82, 2.24) is 29.7 Å². The maximum atomic E-state index is 14.8. The van der Waals surface area contributed by atoms with Gasteiger partial charge < -0.3 is 24.5 Å². The molecule has 5 heterocycles. The SMILES string of the molecule is CC(C)C[C@H](CO)N1C(=O)[C@@H]2[C@@H]3C(=O)N(Cc4ccccc4)CC=C[C@]3(C)O[C@@]23C=CCN(Cn2nnc4ccccc42)C(=O)C13. The van der Waals surface area contributed by atoms with Gasteiger partial charge in [-0.25, -0.2) is 4.68 Å². The van der Waals surface area contributed by atoms with Crippen molar-refractivity contribution < 1.29 is 24.2 Å². The third-order valence-corrected chi connectivity index (χ3v) is 9.95. The lowest BCUT2D eigenvalue weighted by molar-refractivity contribution is -0.157. The van der Waals surface area contributed by atoms with Crippen LogP contribution < -0.4 is 0 Å². The minimum atomic E-state index is -1.41. The van der Waals surface area contributed by atoms with Crippen LogP contribution in [0.4, 0.5) is 0 Å². The molecule has 7 rings (SSSR count). The van der Waals surface area contributed by atoms with Crippen LogP contribution in [0.15, 0.2) is 78.9 Å². The molecule has 11 nitrogen and oxygen atoms in total. The molecule has 4 aliphatic rings. The van der Waals surface area contributed by atoms with Crippen LogP contribution in [-0.4, -0.2) is 95.5 Å². The van der Waals surface area contributed by atoms with E-state index >= 15 is 0 Å². The van der Waals surface area contributed by atoms with Gasteiger partial charge in [-0.3, -0.25) is 14.4 Å². The van der Waals surface area contributed by atoms with Gasteiger partial charge in [-0.15, -0.1) is 5.10 Å². The van der Waals surface area contributed by atoms with Crippen LogP contribution >= 0.6 is 0 Å². The molecule has 46 heavy (non-hydrogen) atoms. The first kappa shape index (κ1) is 30.3. The summed E-state index contributed by atoms with van der Waals surface area (Å²) in [5.74, 6) is -2.52. The Morgan fingerprint density at radius 3 is 2.39 bits per heavy atom. The Kier molecular flexibility index (Phi) is 7.56. The zero-order valence-electron chi connectivity index (χ0n) is 26.4. The minimum absolute atomic E-state index is 0.112. The molecule has 3 amide bonds. The van der Waals surface area contributed by atoms with E-state index in [1.54, 1.807) is 14.5 Å². The first-order chi connectivity index (χ1) is 22.2. The molecule has 1 unspecified atom stereocenters. The Balaban J connectivity index is 1.30. The summed E-state index contributed by atoms with van der Waals surface area (Å²) in [7, 11) is 0. The van der Waals surface area contributed by atoms with Crippen molar-refractivity contribution in [2.24, 2.45) is 17.8 Å². The normalized spacial score (nSPS) is 29.7. The first-order valence-electron chi connectivity index (χ1n) is 16.0. The number of rotatable bonds is 8. The molecule has 11 heteroatoms. The minimum Gasteiger partial charge on any atom is -0.394 e. The topological polar surface area (TPSA) is 121 Å². The fraction of sp³-hybridized carbons (Fsp3) is 0.457. The number of amides is 3. The highest BCUT2D eigenvalue weighted by molar-refractivity contribution is 6.00. The second-order valence-electron chi connectivity index (χ2n) is 13.5. The number of benzene rings is 2. The number of ether oxygens (including phenoxy) is 1. The molecule has 6 atom stereocenters. The lowest BCUT2D eigenvalue weighted by Crippen LogP contribution is -2.59. The number of aliphatic hydroxyl groups is 1. The van der Waals surface area contributed by atoms with Crippen molar-refractivity contribution in [2.75, 3.05) is 19.7 Å². The molecule has 4 aliphatic heterocycles. The highest BCUT2D eigenvalue weighted by atomic mass is 16.5. The molecule has 0 radical (unpaired) electrons. The van der Waals surface area contributed by atoms with Gasteiger partial charge in [0.05, 0.1) is 35.6 Å². The number of likely N-dealkylation sites (tertiary alicyclic amines) is 1. The molecule has 2 fully saturated rings. The van der Waals surface area contributed by atoms with Crippen molar-refractivity contribution in [2.45, 2.75) is 63.7 Å². The number of nitrogens with zero attached hydrogens (tertiary/aromatic N) is 6. The van der Waals surface area contributed by atoms with Crippen LogP contribution in [0.25, 0.3) is 11.0 Å². The van der Waals surface area contributed by atoms with E-state index < -0.39 is 35.1 Å². The first-order valence-corrected chi connectivity index (χ1v) is 16.0. The highest BCUT2D eigenvalue weighted by Gasteiger charge is 2.75. The number of aliphatic hydroxyl groups excluding tert-OH is 1. The average molecular weight is 625 g/mol. The number of hydrogen-bond donors (Lipinski definition) is 1. The maximum absolute atomic E-state index is 14.8. The maximum Gasteiger partial charge on any atom is 0.250 e. The van der Waals surface area contributed by atoms with Crippen LogP contribution in [0.2, 0.25) is 0 Å². The lowest BCUT2D eigenvalue weighted by Gasteiger charge is -2.40. The number of aromatic nitrogens is 3. The molecule has 2 aromatic carbocycles. The van der Waals surface area contributed by atoms with Crippen molar-refractivity contribution >= 4 is 28.8 Å². The third kappa shape index (κ3) is 4.75. The Bertz CT molecular complexity index is 1720. The Morgan fingerprint density at radius 2 is 1.63 bits per heavy atom. The summed E-state index contributed by atoms with van der Waals surface area (Å²) in [4.78, 5) is 49.1. The van der Waals surface area contributed by atoms with Crippen molar-refractivity contribution in [1.29, 1.82) is 0 Å². The molecule has 1 spiro atoms. The largest absolute Gasteiger partial charge is 0.394 e. The Hall–Kier alpha value is -4.35. The molecule has 0 saturated carbocycles. The van der Waals surface area contributed by atoms with Gasteiger partial charge in [-0.2, -0.15) is 0 Å². The summed E-state index contributed by atoms with van der Waals surface area (Å²) in [6.45, 7) is 6.70. The molecular formula is C35H40N6O5. The summed E-state index contributed by atoms with van der Waals surface area (Å²) in [6.07, 6.45) is 8.01. The second kappa shape index (κ2) is 11.5. The lowest BCUT2D eigenvalue weighted by atomic mass is 9.74. The second-order valence-corrected chi connectivity index (χ2v) is 13.5. The molecule has 240 valence electrons. The highest BCUT2D eigenvalue weighted by Crippen LogP contribution is 2.58. The number of carbonyl (C=O) groups is 3. The predicted molar refractivity (Wildman–Crippen MR) is 170 cm³/mol. The zero-order chi connectivity index (χ0) is 32.2. The average Bonchev–Trinajstić information content (AvgIpc) is 3.58. The van der Waals surface area contributed by atoms with E-state index in [2.05, 4.69) is 10.3 Å². The summed E-state index contributed by atoms with van der Waals surface area (Å²) >= 11 is 0. The fourth-order valence-corrected chi connectivity index (χ4v) is 8.03. The van der Waals surface area contributed by atoms with Gasteiger partial charge in [-0.05, 0) is 37.0 Å². The standard InChI is InChI=1S/C35H40N6O5/c1-23(2)19-25(21-42)41-30-33(45)39(22-40-27-14-8-7-13-26(27)36-37-40)18-10-16-35(30)29(32(41)44)28-31(43)38(17-9-15-34(28,3)46-35)20-24-11-5-4-6-12-24/h4-16,23,25,28-30,42H,17-22H2,1-3H3/t25-,28-,29+,30?,34+,35+/m1/s1. The van der Waals surface area contributed by atoms with Gasteiger partial charge in [0.2, 0.25) is 11.8 Å². The summed E-state index contributed by atoms with van der Waals surface area (Å²) < 4.78 is 8.64. The molecule has 1 N–H and O–H groups in total. The third-order valence-electron chi connectivity index (χ3n) is 9.95. The van der Waals surface area contributed by atoms with Crippen molar-refractivity contribution in [3.8, 4) is 0 Å². The number of hydrogen-bond acceptors (Lipinski definition) is 7. The Labute approximate surface area is 268 Å². The van der Waals surface area contributed by atoms with Crippen molar-refractivity contribution in [3.63, 3.8) is 0 Å². The molecule has 1 aromatic heterocycles. The van der Waals surface area contributed by atoms with Crippen LogP contribution in [0, 0.1) is 17.8 Å². The number of carbonyl (C=O) groups excluding carboxylic acids is 3. The van der Waals surface area contributed by atoms with E-state index in [1.165, 1.54) is 4.90 Å². The zero-order valence-corrected chi connectivity index (χ0v) is 26.4. The predicted octanol–water partition coefficient (Wildman–Crippen LogP) is 2.76. The number of para-hydroxylation sites is 1. The smallest absolute Gasteiger partial charge is 0.250 e. The van der Waals surface area contributed by atoms with Gasteiger partial charge >= 0.3 is 0 Å². The molecule has 2 saturated heterocycles. The molecule has 3 aromatic rings. The van der Waals surface area contributed by atoms with Gasteiger partial charge in [0, 0.05) is 19.6 Å². The molecular weight excluding hydrogens is 584 g/mol. The summed E-state index contributed by atoms with van der Waals surface area (Å²) in [5.41, 5.74) is -0.0554. The van der Waals surface area contributed by atoms with E-state index in [0.717, 1.165) is 11.1 Å². The van der Waals surface area contributed by atoms with E-state index in [4.69, 9.17) is 4.74 Å². The number of fused-ring (bicyclic) bond motifs is 3. The summed E-state index contributed by atoms with van der Waals surface area (Å²) in [6, 6.07) is 15.6.